The zero-order valence-corrected chi connectivity index (χ0v) is 19.6. The summed E-state index contributed by atoms with van der Waals surface area (Å²) in [5.74, 6) is -1.53. The predicted octanol–water partition coefficient (Wildman–Crippen LogP) is 2.92. The highest BCUT2D eigenvalue weighted by Crippen LogP contribution is 2.20. The lowest BCUT2D eigenvalue weighted by atomic mass is 10.1. The molecule has 1 N–H and O–H groups in total. The van der Waals surface area contributed by atoms with Crippen molar-refractivity contribution in [3.8, 4) is 0 Å². The van der Waals surface area contributed by atoms with E-state index in [4.69, 9.17) is 0 Å². The van der Waals surface area contributed by atoms with Gasteiger partial charge < -0.3 is 10.2 Å². The Morgan fingerprint density at radius 2 is 1.72 bits per heavy atom. The van der Waals surface area contributed by atoms with Gasteiger partial charge in [-0.1, -0.05) is 43.3 Å². The van der Waals surface area contributed by atoms with E-state index in [9.17, 15) is 22.4 Å². The number of halogens is 1. The SMILES string of the molecule is CCC(C)NC(=O)C(C)N(Cc1ccccc1)C(=O)CN(c1cccc(F)c1)S(C)(=O)=O. The Hall–Kier alpha value is -2.94. The average molecular weight is 464 g/mol. The second-order valence-electron chi connectivity index (χ2n) is 7.75. The highest BCUT2D eigenvalue weighted by molar-refractivity contribution is 7.92. The number of rotatable bonds is 10. The Bertz CT molecular complexity index is 1030. The molecule has 0 aliphatic carbocycles. The van der Waals surface area contributed by atoms with E-state index in [0.29, 0.717) is 0 Å². The Morgan fingerprint density at radius 1 is 1.06 bits per heavy atom. The van der Waals surface area contributed by atoms with Gasteiger partial charge in [0, 0.05) is 12.6 Å². The molecule has 0 aromatic heterocycles. The van der Waals surface area contributed by atoms with Crippen molar-refractivity contribution in [3.63, 3.8) is 0 Å². The third kappa shape index (κ3) is 7.05. The molecule has 2 unspecified atom stereocenters. The van der Waals surface area contributed by atoms with Gasteiger partial charge in [0.2, 0.25) is 21.8 Å². The highest BCUT2D eigenvalue weighted by atomic mass is 32.2. The maximum Gasteiger partial charge on any atom is 0.244 e. The molecule has 2 amide bonds. The first-order chi connectivity index (χ1) is 15.0. The maximum absolute atomic E-state index is 13.7. The molecule has 0 heterocycles. The van der Waals surface area contributed by atoms with Crippen molar-refractivity contribution in [2.24, 2.45) is 0 Å². The summed E-state index contributed by atoms with van der Waals surface area (Å²) in [7, 11) is -3.89. The second-order valence-corrected chi connectivity index (χ2v) is 9.66. The fourth-order valence-electron chi connectivity index (χ4n) is 3.07. The Kier molecular flexibility index (Phi) is 8.77. The zero-order chi connectivity index (χ0) is 23.9. The molecule has 174 valence electrons. The van der Waals surface area contributed by atoms with Crippen LogP contribution in [0.4, 0.5) is 10.1 Å². The summed E-state index contributed by atoms with van der Waals surface area (Å²) in [6.07, 6.45) is 1.68. The van der Waals surface area contributed by atoms with Crippen molar-refractivity contribution < 1.29 is 22.4 Å². The molecule has 0 saturated carbocycles. The first kappa shape index (κ1) is 25.3. The lowest BCUT2D eigenvalue weighted by Crippen LogP contribution is -2.52. The van der Waals surface area contributed by atoms with Crippen molar-refractivity contribution in [3.05, 3.63) is 66.0 Å². The topological polar surface area (TPSA) is 86.8 Å². The van der Waals surface area contributed by atoms with Crippen LogP contribution >= 0.6 is 0 Å². The third-order valence-electron chi connectivity index (χ3n) is 5.14. The first-order valence-electron chi connectivity index (χ1n) is 10.4. The zero-order valence-electron chi connectivity index (χ0n) is 18.8. The quantitative estimate of drug-likeness (QED) is 0.587. The van der Waals surface area contributed by atoms with Crippen LogP contribution in [0, 0.1) is 5.82 Å². The van der Waals surface area contributed by atoms with Crippen molar-refractivity contribution in [2.45, 2.75) is 45.8 Å². The predicted molar refractivity (Wildman–Crippen MR) is 123 cm³/mol. The molecule has 7 nitrogen and oxygen atoms in total. The monoisotopic (exact) mass is 463 g/mol. The van der Waals surface area contributed by atoms with Crippen molar-refractivity contribution >= 4 is 27.5 Å². The third-order valence-corrected chi connectivity index (χ3v) is 6.28. The van der Waals surface area contributed by atoms with Crippen molar-refractivity contribution in [1.29, 1.82) is 0 Å². The van der Waals surface area contributed by atoms with Crippen LogP contribution in [0.15, 0.2) is 54.6 Å². The molecule has 32 heavy (non-hydrogen) atoms. The van der Waals surface area contributed by atoms with Gasteiger partial charge in [-0.3, -0.25) is 13.9 Å². The minimum atomic E-state index is -3.89. The van der Waals surface area contributed by atoms with Gasteiger partial charge in [-0.15, -0.1) is 0 Å². The maximum atomic E-state index is 13.7. The number of sulfonamides is 1. The molecule has 0 radical (unpaired) electrons. The van der Waals surface area contributed by atoms with Crippen LogP contribution in [0.3, 0.4) is 0 Å². The summed E-state index contributed by atoms with van der Waals surface area (Å²) in [6, 6.07) is 13.2. The Balaban J connectivity index is 2.35. The molecule has 2 aromatic carbocycles. The van der Waals surface area contributed by atoms with E-state index in [1.54, 1.807) is 6.92 Å². The number of anilines is 1. The lowest BCUT2D eigenvalue weighted by molar-refractivity contribution is -0.139. The van der Waals surface area contributed by atoms with E-state index in [0.717, 1.165) is 28.6 Å². The molecule has 0 fully saturated rings. The lowest BCUT2D eigenvalue weighted by Gasteiger charge is -2.32. The number of nitrogens with zero attached hydrogens (tertiary/aromatic N) is 2. The van der Waals surface area contributed by atoms with E-state index in [-0.39, 0.29) is 24.2 Å². The Labute approximate surface area is 189 Å². The molecule has 2 aromatic rings. The first-order valence-corrected chi connectivity index (χ1v) is 12.2. The van der Waals surface area contributed by atoms with Gasteiger partial charge in [-0.2, -0.15) is 0 Å². The Morgan fingerprint density at radius 3 is 2.28 bits per heavy atom. The number of hydrogen-bond acceptors (Lipinski definition) is 4. The molecule has 2 atom stereocenters. The van der Waals surface area contributed by atoms with Gasteiger partial charge in [0.05, 0.1) is 11.9 Å². The largest absolute Gasteiger partial charge is 0.352 e. The molecule has 2 rings (SSSR count). The number of nitrogens with one attached hydrogen (secondary N) is 1. The standard InChI is InChI=1S/C23H30FN3O4S/c1-5-17(2)25-23(29)18(3)26(15-19-10-7-6-8-11-19)22(28)16-27(32(4,30)31)21-13-9-12-20(24)14-21/h6-14,17-18H,5,15-16H2,1-4H3,(H,25,29). The van der Waals surface area contributed by atoms with Crippen LogP contribution in [-0.2, 0) is 26.2 Å². The van der Waals surface area contributed by atoms with Gasteiger partial charge in [0.15, 0.2) is 0 Å². The number of carbonyl (C=O) groups excluding carboxylic acids is 2. The van der Waals surface area contributed by atoms with Crippen molar-refractivity contribution in [1.82, 2.24) is 10.2 Å². The van der Waals surface area contributed by atoms with E-state index in [1.807, 2.05) is 44.2 Å². The summed E-state index contributed by atoms with van der Waals surface area (Å²) >= 11 is 0. The molecule has 0 aliphatic rings. The summed E-state index contributed by atoms with van der Waals surface area (Å²) in [6.45, 7) is 4.96. The minimum absolute atomic E-state index is 0.0391. The van der Waals surface area contributed by atoms with E-state index < -0.39 is 34.3 Å². The van der Waals surface area contributed by atoms with Gasteiger partial charge >= 0.3 is 0 Å². The molecule has 0 saturated heterocycles. The second kappa shape index (κ2) is 11.1. The summed E-state index contributed by atoms with van der Waals surface area (Å²) in [5.41, 5.74) is 0.831. The van der Waals surface area contributed by atoms with E-state index in [2.05, 4.69) is 5.32 Å². The smallest absolute Gasteiger partial charge is 0.244 e. The molecular weight excluding hydrogens is 433 g/mol. The fraction of sp³-hybridized carbons (Fsp3) is 0.391. The number of amides is 2. The van der Waals surface area contributed by atoms with Crippen LogP contribution in [0.5, 0.6) is 0 Å². The molecule has 0 spiro atoms. The summed E-state index contributed by atoms with van der Waals surface area (Å²) in [4.78, 5) is 27.4. The summed E-state index contributed by atoms with van der Waals surface area (Å²) in [5, 5.41) is 2.86. The molecule has 9 heteroatoms. The molecule has 0 bridgehead atoms. The van der Waals surface area contributed by atoms with E-state index in [1.165, 1.54) is 23.1 Å². The normalized spacial score (nSPS) is 13.2. The van der Waals surface area contributed by atoms with Gasteiger partial charge in [0.25, 0.3) is 0 Å². The highest BCUT2D eigenvalue weighted by Gasteiger charge is 2.30. The summed E-state index contributed by atoms with van der Waals surface area (Å²) < 4.78 is 39.4. The van der Waals surface area contributed by atoms with Crippen LogP contribution in [-0.4, -0.2) is 50.0 Å². The van der Waals surface area contributed by atoms with Crippen molar-refractivity contribution in [2.75, 3.05) is 17.1 Å². The number of carbonyl (C=O) groups is 2. The van der Waals surface area contributed by atoms with Gasteiger partial charge in [-0.05, 0) is 44.0 Å². The van der Waals surface area contributed by atoms with E-state index >= 15 is 0 Å². The minimum Gasteiger partial charge on any atom is -0.352 e. The van der Waals surface area contributed by atoms with Crippen LogP contribution < -0.4 is 9.62 Å². The van der Waals surface area contributed by atoms with Gasteiger partial charge in [-0.25, -0.2) is 12.8 Å². The fourth-order valence-corrected chi connectivity index (χ4v) is 3.91. The van der Waals surface area contributed by atoms with Gasteiger partial charge in [0.1, 0.15) is 18.4 Å². The number of benzene rings is 2. The molecular formula is C23H30FN3O4S. The van der Waals surface area contributed by atoms with Crippen LogP contribution in [0.2, 0.25) is 0 Å². The average Bonchev–Trinajstić information content (AvgIpc) is 2.74. The number of hydrogen-bond donors (Lipinski definition) is 1. The van der Waals surface area contributed by atoms with Crippen LogP contribution in [0.25, 0.3) is 0 Å². The molecule has 0 aliphatic heterocycles. The van der Waals surface area contributed by atoms with Crippen LogP contribution in [0.1, 0.15) is 32.8 Å².